The van der Waals surface area contributed by atoms with Gasteiger partial charge in [0.25, 0.3) is 0 Å². The van der Waals surface area contributed by atoms with E-state index in [4.69, 9.17) is 0 Å². The van der Waals surface area contributed by atoms with Gasteiger partial charge < -0.3 is 4.74 Å². The lowest BCUT2D eigenvalue weighted by Gasteiger charge is -1.89. The summed E-state index contributed by atoms with van der Waals surface area (Å²) in [6, 6.07) is 0. The van der Waals surface area contributed by atoms with Crippen molar-refractivity contribution in [3.63, 3.8) is 0 Å². The normalized spacial score (nSPS) is 9.55. The van der Waals surface area contributed by atoms with Crippen molar-refractivity contribution < 1.29 is 9.53 Å². The van der Waals surface area contributed by atoms with Crippen LogP contribution in [0.1, 0.15) is 17.6 Å². The fourth-order valence-corrected chi connectivity index (χ4v) is 1.41. The number of thiazole rings is 1. The molecule has 0 bridgehead atoms. The van der Waals surface area contributed by atoms with Crippen LogP contribution < -0.4 is 0 Å². The molecule has 0 N–H and O–H groups in total. The third kappa shape index (κ3) is 2.31. The summed E-state index contributed by atoms with van der Waals surface area (Å²) in [5.41, 5.74) is 0.801. The summed E-state index contributed by atoms with van der Waals surface area (Å²) in [7, 11) is 0. The van der Waals surface area contributed by atoms with E-state index in [-0.39, 0.29) is 6.61 Å². The summed E-state index contributed by atoms with van der Waals surface area (Å²) in [4.78, 5) is 13.9. The van der Waals surface area contributed by atoms with Crippen LogP contribution in [0.15, 0.2) is 5.38 Å². The predicted molar refractivity (Wildman–Crippen MR) is 42.0 cm³/mol. The van der Waals surface area contributed by atoms with Gasteiger partial charge in [0.05, 0.1) is 10.7 Å². The molecule has 0 aromatic carbocycles. The molecule has 1 rings (SSSR count). The van der Waals surface area contributed by atoms with Crippen molar-refractivity contribution in [3.05, 3.63) is 16.1 Å². The molecule has 1 aromatic rings. The third-order valence-corrected chi connectivity index (χ3v) is 2.22. The monoisotopic (exact) mass is 170 g/mol. The molecular weight excluding hydrogens is 162 g/mol. The van der Waals surface area contributed by atoms with Crippen molar-refractivity contribution >= 4 is 17.8 Å². The Morgan fingerprint density at radius 1 is 1.82 bits per heavy atom. The molecule has 0 spiro atoms. The van der Waals surface area contributed by atoms with Crippen LogP contribution in [-0.4, -0.2) is 11.5 Å². The number of rotatable bonds is 4. The summed E-state index contributed by atoms with van der Waals surface area (Å²) >= 11 is 1.58. The molecule has 0 saturated carbocycles. The summed E-state index contributed by atoms with van der Waals surface area (Å²) in [5, 5.41) is 2.95. The van der Waals surface area contributed by atoms with Crippen molar-refractivity contribution in [2.75, 3.05) is 0 Å². The predicted octanol–water partition coefficient (Wildman–Crippen LogP) is 1.29. The number of hydrogen-bond acceptors (Lipinski definition) is 4. The van der Waals surface area contributed by atoms with Gasteiger partial charge in [-0.05, 0) is 6.42 Å². The zero-order chi connectivity index (χ0) is 8.10. The molecule has 1 aromatic heterocycles. The van der Waals surface area contributed by atoms with Gasteiger partial charge in [-0.1, -0.05) is 6.92 Å². The van der Waals surface area contributed by atoms with Crippen LogP contribution in [0.2, 0.25) is 0 Å². The molecule has 0 atom stereocenters. The van der Waals surface area contributed by atoms with E-state index in [1.165, 1.54) is 6.47 Å². The zero-order valence-corrected chi connectivity index (χ0v) is 6.98. The highest BCUT2D eigenvalue weighted by Crippen LogP contribution is 2.10. The smallest absolute Gasteiger partial charge is 0.417 e. The second-order valence-corrected chi connectivity index (χ2v) is 2.90. The van der Waals surface area contributed by atoms with Gasteiger partial charge in [0, 0.05) is 5.38 Å². The molecule has 11 heavy (non-hydrogen) atoms. The Balaban J connectivity index is 2.50. The summed E-state index contributed by atoms with van der Waals surface area (Å²) < 4.78 is 4.42. The highest BCUT2D eigenvalue weighted by molar-refractivity contribution is 7.09. The van der Waals surface area contributed by atoms with Crippen LogP contribution in [0.5, 0.6) is 0 Å². The summed E-state index contributed by atoms with van der Waals surface area (Å²) in [6.45, 7) is 3.63. The molecule has 0 saturated heterocycles. The fraction of sp³-hybridized carbons (Fsp3) is 0.429. The largest absolute Gasteiger partial charge is 0.451 e. The second kappa shape index (κ2) is 4.08. The number of aryl methyl sites for hydroxylation is 1. The summed E-state index contributed by atoms with van der Waals surface area (Å²) in [5.74, 6) is 0. The van der Waals surface area contributed by atoms with Crippen LogP contribution >= 0.6 is 11.3 Å². The van der Waals surface area contributed by atoms with Gasteiger partial charge in [0.2, 0.25) is 0 Å². The van der Waals surface area contributed by atoms with Crippen molar-refractivity contribution in [1.82, 2.24) is 4.98 Å². The SMILES string of the molecule is CCc1nc(CO[C]=O)cs1. The van der Waals surface area contributed by atoms with Crippen LogP contribution in [0.3, 0.4) is 0 Å². The van der Waals surface area contributed by atoms with E-state index in [2.05, 4.69) is 9.72 Å². The van der Waals surface area contributed by atoms with Gasteiger partial charge in [-0.3, -0.25) is 0 Å². The molecule has 0 aliphatic carbocycles. The quantitative estimate of drug-likeness (QED) is 0.683. The Bertz CT molecular complexity index is 234. The minimum Gasteiger partial charge on any atom is -0.451 e. The van der Waals surface area contributed by atoms with E-state index in [1.807, 2.05) is 12.3 Å². The number of ether oxygens (including phenoxy) is 1. The van der Waals surface area contributed by atoms with Crippen molar-refractivity contribution in [2.24, 2.45) is 0 Å². The molecule has 0 amide bonds. The maximum atomic E-state index is 9.68. The van der Waals surface area contributed by atoms with Crippen LogP contribution in [0.25, 0.3) is 0 Å². The Labute approximate surface area is 69.0 Å². The maximum Gasteiger partial charge on any atom is 0.417 e. The van der Waals surface area contributed by atoms with E-state index >= 15 is 0 Å². The van der Waals surface area contributed by atoms with Crippen LogP contribution in [0.4, 0.5) is 0 Å². The van der Waals surface area contributed by atoms with Crippen LogP contribution in [0, 0.1) is 0 Å². The fourth-order valence-electron chi connectivity index (χ4n) is 0.681. The molecule has 1 heterocycles. The highest BCUT2D eigenvalue weighted by atomic mass is 32.1. The molecule has 4 heteroatoms. The highest BCUT2D eigenvalue weighted by Gasteiger charge is 1.99. The van der Waals surface area contributed by atoms with E-state index in [1.54, 1.807) is 11.3 Å². The van der Waals surface area contributed by atoms with Gasteiger partial charge in [-0.15, -0.1) is 11.3 Å². The Kier molecular flexibility index (Phi) is 3.04. The minimum absolute atomic E-state index is 0.236. The molecule has 0 aliphatic rings. The minimum atomic E-state index is 0.236. The molecule has 59 valence electrons. The molecule has 0 aliphatic heterocycles. The Hall–Kier alpha value is -0.900. The van der Waals surface area contributed by atoms with E-state index in [0.29, 0.717) is 0 Å². The van der Waals surface area contributed by atoms with Crippen molar-refractivity contribution in [1.29, 1.82) is 0 Å². The van der Waals surface area contributed by atoms with E-state index < -0.39 is 0 Å². The zero-order valence-electron chi connectivity index (χ0n) is 6.16. The van der Waals surface area contributed by atoms with Gasteiger partial charge in [-0.2, -0.15) is 0 Å². The molecule has 0 unspecified atom stereocenters. The first kappa shape index (κ1) is 8.20. The molecule has 1 radical (unpaired) electrons. The number of hydrogen-bond donors (Lipinski definition) is 0. The molecule has 0 fully saturated rings. The average molecular weight is 170 g/mol. The standard InChI is InChI=1S/C7H8NO2S/c1-2-7-8-6(4-11-7)3-10-5-9/h4H,2-3H2,1H3. The lowest BCUT2D eigenvalue weighted by Crippen LogP contribution is -1.90. The van der Waals surface area contributed by atoms with Gasteiger partial charge >= 0.3 is 6.47 Å². The van der Waals surface area contributed by atoms with Crippen molar-refractivity contribution in [2.45, 2.75) is 20.0 Å². The van der Waals surface area contributed by atoms with E-state index in [0.717, 1.165) is 17.1 Å². The first-order valence-corrected chi connectivity index (χ1v) is 4.17. The van der Waals surface area contributed by atoms with Crippen molar-refractivity contribution in [3.8, 4) is 0 Å². The number of nitrogens with zero attached hydrogens (tertiary/aromatic N) is 1. The first-order valence-electron chi connectivity index (χ1n) is 3.29. The van der Waals surface area contributed by atoms with Gasteiger partial charge in [-0.25, -0.2) is 9.78 Å². The van der Waals surface area contributed by atoms with E-state index in [9.17, 15) is 4.79 Å². The summed E-state index contributed by atoms with van der Waals surface area (Å²) in [6.07, 6.45) is 0.926. The molecule has 3 nitrogen and oxygen atoms in total. The second-order valence-electron chi connectivity index (χ2n) is 1.96. The third-order valence-electron chi connectivity index (χ3n) is 1.18. The lowest BCUT2D eigenvalue weighted by atomic mass is 10.5. The lowest BCUT2D eigenvalue weighted by molar-refractivity contribution is 0.263. The Morgan fingerprint density at radius 3 is 3.18 bits per heavy atom. The van der Waals surface area contributed by atoms with Gasteiger partial charge in [0.15, 0.2) is 0 Å². The average Bonchev–Trinajstić information content (AvgIpc) is 2.48. The number of aromatic nitrogens is 1. The maximum absolute atomic E-state index is 9.68. The molecular formula is C7H8NO2S. The van der Waals surface area contributed by atoms with Crippen LogP contribution in [-0.2, 0) is 22.6 Å². The van der Waals surface area contributed by atoms with Gasteiger partial charge in [0.1, 0.15) is 6.61 Å². The first-order chi connectivity index (χ1) is 5.36. The number of carbonyl (C=O) groups excluding carboxylic acids is 1. The topological polar surface area (TPSA) is 39.2 Å². The Morgan fingerprint density at radius 2 is 2.64 bits per heavy atom.